The molecule has 3 heteroatoms. The summed E-state index contributed by atoms with van der Waals surface area (Å²) in [5.74, 6) is 1.15. The van der Waals surface area contributed by atoms with E-state index in [1.807, 2.05) is 0 Å². The van der Waals surface area contributed by atoms with Crippen LogP contribution in [-0.4, -0.2) is 31.2 Å². The quantitative estimate of drug-likeness (QED) is 0.124. The van der Waals surface area contributed by atoms with Crippen molar-refractivity contribution in [1.29, 1.82) is 0 Å². The van der Waals surface area contributed by atoms with Crippen LogP contribution in [0.2, 0.25) is 0 Å². The predicted octanol–water partition coefficient (Wildman–Crippen LogP) is 10.2. The van der Waals surface area contributed by atoms with Crippen LogP contribution in [0.3, 0.4) is 0 Å². The minimum absolute atomic E-state index is 0.0849. The predicted molar refractivity (Wildman–Crippen MR) is 152 cm³/mol. The highest BCUT2D eigenvalue weighted by atomic mass is 16.7. The summed E-state index contributed by atoms with van der Waals surface area (Å²) >= 11 is 0. The zero-order valence-electron chi connectivity index (χ0n) is 24.9. The lowest BCUT2D eigenvalue weighted by atomic mass is 9.94. The highest BCUT2D eigenvalue weighted by molar-refractivity contribution is 4.81. The van der Waals surface area contributed by atoms with Gasteiger partial charge in [-0.05, 0) is 50.9 Å². The van der Waals surface area contributed by atoms with Crippen molar-refractivity contribution in [2.24, 2.45) is 11.8 Å². The molecular formula is C32H64O3. The standard InChI is InChI=1S/C32H64O3/c1-7-10-12-14-16-18-21-28(4)23-20-26-33-30(31-27-34-32(6,9-3)35-31)25-24-29(5)22-19-17-15-13-11-8-2/h28-31H,7-27H2,1-6H3. The Hall–Kier alpha value is -0.120. The molecule has 5 atom stereocenters. The lowest BCUT2D eigenvalue weighted by molar-refractivity contribution is -0.171. The Bertz CT molecular complexity index is 468. The summed E-state index contributed by atoms with van der Waals surface area (Å²) in [6, 6.07) is 0. The highest BCUT2D eigenvalue weighted by Crippen LogP contribution is 2.31. The molecule has 3 nitrogen and oxygen atoms in total. The zero-order valence-corrected chi connectivity index (χ0v) is 24.9. The fourth-order valence-electron chi connectivity index (χ4n) is 5.34. The number of unbranched alkanes of at least 4 members (excludes halogenated alkanes) is 10. The average molecular weight is 497 g/mol. The van der Waals surface area contributed by atoms with Crippen LogP contribution in [0.15, 0.2) is 0 Å². The van der Waals surface area contributed by atoms with Crippen LogP contribution in [0.5, 0.6) is 0 Å². The van der Waals surface area contributed by atoms with Crippen molar-refractivity contribution in [2.45, 2.75) is 182 Å². The third-order valence-electron chi connectivity index (χ3n) is 8.23. The minimum atomic E-state index is -0.429. The van der Waals surface area contributed by atoms with E-state index >= 15 is 0 Å². The van der Waals surface area contributed by atoms with Crippen molar-refractivity contribution in [3.05, 3.63) is 0 Å². The van der Waals surface area contributed by atoms with Crippen LogP contribution in [0.25, 0.3) is 0 Å². The Morgan fingerprint density at radius 1 is 0.686 bits per heavy atom. The van der Waals surface area contributed by atoms with E-state index in [9.17, 15) is 0 Å². The van der Waals surface area contributed by atoms with Gasteiger partial charge in [-0.1, -0.05) is 125 Å². The van der Waals surface area contributed by atoms with E-state index in [2.05, 4.69) is 41.5 Å². The molecule has 1 saturated heterocycles. The summed E-state index contributed by atoms with van der Waals surface area (Å²) in [4.78, 5) is 0. The van der Waals surface area contributed by atoms with E-state index in [1.165, 1.54) is 109 Å². The van der Waals surface area contributed by atoms with Gasteiger partial charge in [0.2, 0.25) is 0 Å². The van der Waals surface area contributed by atoms with E-state index in [1.54, 1.807) is 0 Å². The molecule has 35 heavy (non-hydrogen) atoms. The third kappa shape index (κ3) is 16.4. The molecule has 0 aromatic rings. The van der Waals surface area contributed by atoms with Gasteiger partial charge in [-0.2, -0.15) is 0 Å². The molecule has 0 saturated carbocycles. The monoisotopic (exact) mass is 496 g/mol. The van der Waals surface area contributed by atoms with Gasteiger partial charge in [-0.3, -0.25) is 0 Å². The SMILES string of the molecule is CCCCCCCCC(C)CCCOC(CCC(C)CCCCCCCC)C1COC(C)(CC)O1. The van der Waals surface area contributed by atoms with Crippen molar-refractivity contribution in [3.8, 4) is 0 Å². The first-order valence-corrected chi connectivity index (χ1v) is 15.9. The van der Waals surface area contributed by atoms with Gasteiger partial charge >= 0.3 is 0 Å². The minimum Gasteiger partial charge on any atom is -0.375 e. The van der Waals surface area contributed by atoms with E-state index in [0.29, 0.717) is 6.61 Å². The Morgan fingerprint density at radius 2 is 1.20 bits per heavy atom. The summed E-state index contributed by atoms with van der Waals surface area (Å²) in [6.07, 6.45) is 25.4. The molecule has 1 aliphatic heterocycles. The Labute approximate surface area is 220 Å². The number of hydrogen-bond donors (Lipinski definition) is 0. The molecule has 0 radical (unpaired) electrons. The topological polar surface area (TPSA) is 27.7 Å². The van der Waals surface area contributed by atoms with Gasteiger partial charge in [-0.25, -0.2) is 0 Å². The molecule has 5 unspecified atom stereocenters. The first kappa shape index (κ1) is 32.9. The van der Waals surface area contributed by atoms with Crippen molar-refractivity contribution >= 4 is 0 Å². The van der Waals surface area contributed by atoms with Gasteiger partial charge in [0.25, 0.3) is 0 Å². The molecule has 1 heterocycles. The van der Waals surface area contributed by atoms with E-state index in [4.69, 9.17) is 14.2 Å². The maximum Gasteiger partial charge on any atom is 0.166 e. The number of hydrogen-bond acceptors (Lipinski definition) is 3. The smallest absolute Gasteiger partial charge is 0.166 e. The number of rotatable bonds is 24. The zero-order chi connectivity index (χ0) is 25.8. The first-order valence-electron chi connectivity index (χ1n) is 15.9. The van der Waals surface area contributed by atoms with Crippen LogP contribution in [0.4, 0.5) is 0 Å². The molecule has 210 valence electrons. The lowest BCUT2D eigenvalue weighted by Gasteiger charge is -2.27. The van der Waals surface area contributed by atoms with Crippen molar-refractivity contribution in [3.63, 3.8) is 0 Å². The van der Waals surface area contributed by atoms with Crippen molar-refractivity contribution < 1.29 is 14.2 Å². The normalized spacial score (nSPS) is 23.0. The fourth-order valence-corrected chi connectivity index (χ4v) is 5.34. The molecule has 0 bridgehead atoms. The van der Waals surface area contributed by atoms with Gasteiger partial charge in [0.1, 0.15) is 6.10 Å². The molecule has 0 aromatic carbocycles. The van der Waals surface area contributed by atoms with Crippen LogP contribution < -0.4 is 0 Å². The summed E-state index contributed by atoms with van der Waals surface area (Å²) in [5.41, 5.74) is 0. The number of ether oxygens (including phenoxy) is 3. The Morgan fingerprint density at radius 3 is 1.74 bits per heavy atom. The molecule has 0 amide bonds. The van der Waals surface area contributed by atoms with Gasteiger partial charge < -0.3 is 14.2 Å². The highest BCUT2D eigenvalue weighted by Gasteiger charge is 2.39. The van der Waals surface area contributed by atoms with Crippen LogP contribution >= 0.6 is 0 Å². The molecule has 0 spiro atoms. The van der Waals surface area contributed by atoms with Crippen molar-refractivity contribution in [1.82, 2.24) is 0 Å². The van der Waals surface area contributed by atoms with Gasteiger partial charge in [-0.15, -0.1) is 0 Å². The van der Waals surface area contributed by atoms with Gasteiger partial charge in [0, 0.05) is 6.61 Å². The lowest BCUT2D eigenvalue weighted by Crippen LogP contribution is -2.34. The Kier molecular flexibility index (Phi) is 19.6. The van der Waals surface area contributed by atoms with E-state index in [0.717, 1.165) is 31.3 Å². The van der Waals surface area contributed by atoms with Crippen molar-refractivity contribution in [2.75, 3.05) is 13.2 Å². The summed E-state index contributed by atoms with van der Waals surface area (Å²) < 4.78 is 18.9. The van der Waals surface area contributed by atoms with Crippen LogP contribution in [-0.2, 0) is 14.2 Å². The molecular weight excluding hydrogens is 432 g/mol. The molecule has 1 rings (SSSR count). The largest absolute Gasteiger partial charge is 0.375 e. The second-order valence-electron chi connectivity index (χ2n) is 11.9. The maximum atomic E-state index is 6.50. The van der Waals surface area contributed by atoms with Crippen LogP contribution in [0.1, 0.15) is 164 Å². The first-order chi connectivity index (χ1) is 16.9. The maximum absolute atomic E-state index is 6.50. The summed E-state index contributed by atoms with van der Waals surface area (Å²) in [5, 5.41) is 0. The van der Waals surface area contributed by atoms with E-state index < -0.39 is 5.79 Å². The average Bonchev–Trinajstić information content (AvgIpc) is 3.25. The second kappa shape index (κ2) is 20.9. The molecule has 0 aromatic heterocycles. The third-order valence-corrected chi connectivity index (χ3v) is 8.23. The van der Waals surface area contributed by atoms with Gasteiger partial charge in [0.15, 0.2) is 5.79 Å². The fraction of sp³-hybridized carbons (Fsp3) is 1.00. The Balaban J connectivity index is 2.31. The molecule has 1 aliphatic rings. The summed E-state index contributed by atoms with van der Waals surface area (Å²) in [7, 11) is 0. The van der Waals surface area contributed by atoms with Crippen LogP contribution in [0, 0.1) is 11.8 Å². The van der Waals surface area contributed by atoms with E-state index in [-0.39, 0.29) is 12.2 Å². The van der Waals surface area contributed by atoms with Gasteiger partial charge in [0.05, 0.1) is 12.7 Å². The summed E-state index contributed by atoms with van der Waals surface area (Å²) in [6.45, 7) is 15.2. The molecule has 0 aliphatic carbocycles. The second-order valence-corrected chi connectivity index (χ2v) is 11.9. The molecule has 1 fully saturated rings. The molecule has 0 N–H and O–H groups in total.